The quantitative estimate of drug-likeness (QED) is 0.671. The van der Waals surface area contributed by atoms with E-state index in [0.717, 1.165) is 11.1 Å². The Morgan fingerprint density at radius 3 is 2.52 bits per heavy atom. The van der Waals surface area contributed by atoms with Crippen molar-refractivity contribution in [1.82, 2.24) is 5.32 Å². The predicted molar refractivity (Wildman–Crippen MR) is 75.9 cm³/mol. The van der Waals surface area contributed by atoms with Crippen LogP contribution in [0.2, 0.25) is 0 Å². The number of nitrogens with one attached hydrogen (secondary N) is 1. The van der Waals surface area contributed by atoms with Crippen LogP contribution in [-0.4, -0.2) is 34.1 Å². The van der Waals surface area contributed by atoms with Gasteiger partial charge >= 0.3 is 11.9 Å². The Bertz CT molecular complexity index is 527. The molecule has 0 spiro atoms. The Kier molecular flexibility index (Phi) is 6.39. The summed E-state index contributed by atoms with van der Waals surface area (Å²) in [4.78, 5) is 33.3. The smallest absolute Gasteiger partial charge is 0.326 e. The van der Waals surface area contributed by atoms with E-state index in [2.05, 4.69) is 5.32 Å². The fraction of sp³-hybridized carbons (Fsp3) is 0.400. The molecular weight excluding hydrogens is 274 g/mol. The van der Waals surface area contributed by atoms with Gasteiger partial charge in [0.15, 0.2) is 0 Å². The fourth-order valence-electron chi connectivity index (χ4n) is 1.97. The van der Waals surface area contributed by atoms with E-state index < -0.39 is 18.0 Å². The summed E-state index contributed by atoms with van der Waals surface area (Å²) in [6.45, 7) is 1.91. The highest BCUT2D eigenvalue weighted by Gasteiger charge is 2.20. The van der Waals surface area contributed by atoms with E-state index in [0.29, 0.717) is 0 Å². The molecule has 1 rings (SSSR count). The molecule has 3 N–H and O–H groups in total. The monoisotopic (exact) mass is 293 g/mol. The summed E-state index contributed by atoms with van der Waals surface area (Å²) in [6, 6.07) is 6.35. The molecule has 0 unspecified atom stereocenters. The largest absolute Gasteiger partial charge is 0.481 e. The average molecular weight is 293 g/mol. The van der Waals surface area contributed by atoms with E-state index in [4.69, 9.17) is 10.2 Å². The van der Waals surface area contributed by atoms with Crippen molar-refractivity contribution in [2.75, 3.05) is 0 Å². The molecular formula is C15H19NO5. The summed E-state index contributed by atoms with van der Waals surface area (Å²) >= 11 is 0. The van der Waals surface area contributed by atoms with Gasteiger partial charge in [0, 0.05) is 6.42 Å². The maximum Gasteiger partial charge on any atom is 0.326 e. The van der Waals surface area contributed by atoms with Crippen molar-refractivity contribution >= 4 is 17.8 Å². The highest BCUT2D eigenvalue weighted by atomic mass is 16.4. The van der Waals surface area contributed by atoms with Gasteiger partial charge in [-0.05, 0) is 25.3 Å². The number of benzene rings is 1. The summed E-state index contributed by atoms with van der Waals surface area (Å²) in [5, 5.41) is 20.0. The zero-order valence-corrected chi connectivity index (χ0v) is 11.8. The van der Waals surface area contributed by atoms with Crippen molar-refractivity contribution in [1.29, 1.82) is 0 Å². The maximum atomic E-state index is 11.8. The lowest BCUT2D eigenvalue weighted by Crippen LogP contribution is -2.41. The molecule has 0 fully saturated rings. The second-order valence-electron chi connectivity index (χ2n) is 4.91. The Labute approximate surface area is 122 Å². The molecule has 1 amide bonds. The van der Waals surface area contributed by atoms with Crippen LogP contribution in [0.25, 0.3) is 0 Å². The molecule has 0 bridgehead atoms. The van der Waals surface area contributed by atoms with Crippen LogP contribution >= 0.6 is 0 Å². The molecule has 1 aromatic carbocycles. The molecule has 0 saturated heterocycles. The van der Waals surface area contributed by atoms with E-state index in [1.54, 1.807) is 6.07 Å². The number of carboxylic acids is 2. The van der Waals surface area contributed by atoms with Gasteiger partial charge in [0.25, 0.3) is 0 Å². The van der Waals surface area contributed by atoms with Gasteiger partial charge in [0.2, 0.25) is 5.91 Å². The fourth-order valence-corrected chi connectivity index (χ4v) is 1.97. The third kappa shape index (κ3) is 6.56. The van der Waals surface area contributed by atoms with Gasteiger partial charge in [-0.25, -0.2) is 4.79 Å². The Balaban J connectivity index is 2.52. The number of aryl methyl sites for hydroxylation is 1. The molecule has 0 aliphatic carbocycles. The Morgan fingerprint density at radius 1 is 1.24 bits per heavy atom. The number of rotatable bonds is 8. The van der Waals surface area contributed by atoms with E-state index in [1.165, 1.54) is 0 Å². The van der Waals surface area contributed by atoms with Crippen LogP contribution < -0.4 is 5.32 Å². The third-order valence-corrected chi connectivity index (χ3v) is 2.96. The summed E-state index contributed by atoms with van der Waals surface area (Å²) < 4.78 is 0. The highest BCUT2D eigenvalue weighted by Crippen LogP contribution is 2.06. The third-order valence-electron chi connectivity index (χ3n) is 2.96. The van der Waals surface area contributed by atoms with Crippen LogP contribution in [-0.2, 0) is 20.8 Å². The summed E-state index contributed by atoms with van der Waals surface area (Å²) in [5.74, 6) is -2.52. The summed E-state index contributed by atoms with van der Waals surface area (Å²) in [6.07, 6.45) is 0.292. The molecule has 0 aliphatic rings. The number of hydrogen-bond acceptors (Lipinski definition) is 3. The van der Waals surface area contributed by atoms with Crippen molar-refractivity contribution in [3.05, 3.63) is 35.4 Å². The van der Waals surface area contributed by atoms with Crippen molar-refractivity contribution < 1.29 is 24.6 Å². The van der Waals surface area contributed by atoms with Gasteiger partial charge in [-0.1, -0.05) is 29.8 Å². The first-order valence-corrected chi connectivity index (χ1v) is 6.68. The second kappa shape index (κ2) is 8.04. The first kappa shape index (κ1) is 16.7. The van der Waals surface area contributed by atoms with Crippen molar-refractivity contribution in [2.24, 2.45) is 0 Å². The zero-order chi connectivity index (χ0) is 15.8. The van der Waals surface area contributed by atoms with E-state index >= 15 is 0 Å². The van der Waals surface area contributed by atoms with Gasteiger partial charge < -0.3 is 15.5 Å². The lowest BCUT2D eigenvalue weighted by molar-refractivity contribution is -0.142. The van der Waals surface area contributed by atoms with Crippen molar-refractivity contribution in [3.63, 3.8) is 0 Å². The van der Waals surface area contributed by atoms with Gasteiger partial charge in [0.1, 0.15) is 6.04 Å². The SMILES string of the molecule is Cc1cccc(CC(=O)N[C@H](CCCC(=O)O)C(=O)O)c1. The van der Waals surface area contributed by atoms with Crippen LogP contribution in [0.5, 0.6) is 0 Å². The standard InChI is InChI=1S/C15H19NO5/c1-10-4-2-5-11(8-10)9-13(17)16-12(15(20)21)6-3-7-14(18)19/h2,4-5,8,12H,3,6-7,9H2,1H3,(H,16,17)(H,18,19)(H,20,21)/t12-/m1/s1. The number of amides is 1. The Hall–Kier alpha value is -2.37. The number of hydrogen-bond donors (Lipinski definition) is 3. The lowest BCUT2D eigenvalue weighted by Gasteiger charge is -2.14. The van der Waals surface area contributed by atoms with E-state index in [1.807, 2.05) is 25.1 Å². The highest BCUT2D eigenvalue weighted by molar-refractivity contribution is 5.84. The normalized spacial score (nSPS) is 11.7. The molecule has 0 aromatic heterocycles. The van der Waals surface area contributed by atoms with Crippen LogP contribution in [0, 0.1) is 6.92 Å². The molecule has 6 heteroatoms. The van der Waals surface area contributed by atoms with E-state index in [-0.39, 0.29) is 31.6 Å². The Morgan fingerprint density at radius 2 is 1.95 bits per heavy atom. The number of aliphatic carboxylic acids is 2. The maximum absolute atomic E-state index is 11.8. The van der Waals surface area contributed by atoms with Gasteiger partial charge in [-0.15, -0.1) is 0 Å². The molecule has 114 valence electrons. The minimum absolute atomic E-state index is 0.0984. The van der Waals surface area contributed by atoms with Crippen LogP contribution in [0.4, 0.5) is 0 Å². The van der Waals surface area contributed by atoms with Crippen molar-refractivity contribution in [2.45, 2.75) is 38.6 Å². The molecule has 1 atom stereocenters. The molecule has 0 saturated carbocycles. The van der Waals surface area contributed by atoms with Gasteiger partial charge in [-0.2, -0.15) is 0 Å². The summed E-state index contributed by atoms with van der Waals surface area (Å²) in [7, 11) is 0. The molecule has 6 nitrogen and oxygen atoms in total. The van der Waals surface area contributed by atoms with Crippen LogP contribution in [0.15, 0.2) is 24.3 Å². The molecule has 0 radical (unpaired) electrons. The molecule has 0 heterocycles. The van der Waals surface area contributed by atoms with Crippen molar-refractivity contribution in [3.8, 4) is 0 Å². The van der Waals surface area contributed by atoms with Gasteiger partial charge in [-0.3, -0.25) is 9.59 Å². The first-order valence-electron chi connectivity index (χ1n) is 6.68. The van der Waals surface area contributed by atoms with Crippen LogP contribution in [0.1, 0.15) is 30.4 Å². The zero-order valence-electron chi connectivity index (χ0n) is 11.8. The van der Waals surface area contributed by atoms with Crippen LogP contribution in [0.3, 0.4) is 0 Å². The number of carbonyl (C=O) groups is 3. The second-order valence-corrected chi connectivity index (χ2v) is 4.91. The summed E-state index contributed by atoms with van der Waals surface area (Å²) in [5.41, 5.74) is 1.83. The number of carboxylic acid groups (broad SMARTS) is 2. The minimum atomic E-state index is -1.15. The first-order chi connectivity index (χ1) is 9.88. The number of carbonyl (C=O) groups excluding carboxylic acids is 1. The predicted octanol–water partition coefficient (Wildman–Crippen LogP) is 1.36. The topological polar surface area (TPSA) is 104 Å². The lowest BCUT2D eigenvalue weighted by atomic mass is 10.1. The molecule has 1 aromatic rings. The molecule has 21 heavy (non-hydrogen) atoms. The van der Waals surface area contributed by atoms with E-state index in [9.17, 15) is 14.4 Å². The molecule has 0 aliphatic heterocycles. The van der Waals surface area contributed by atoms with Gasteiger partial charge in [0.05, 0.1) is 6.42 Å². The average Bonchev–Trinajstić information content (AvgIpc) is 2.36. The minimum Gasteiger partial charge on any atom is -0.481 e.